The summed E-state index contributed by atoms with van der Waals surface area (Å²) in [4.78, 5) is 22.3. The summed E-state index contributed by atoms with van der Waals surface area (Å²) in [5.41, 5.74) is 1.83. The molecule has 0 unspecified atom stereocenters. The molecule has 86 valence electrons. The Kier molecular flexibility index (Phi) is 4.23. The van der Waals surface area contributed by atoms with Gasteiger partial charge in [0.2, 0.25) is 0 Å². The maximum Gasteiger partial charge on any atom is 0.336 e. The Balaban J connectivity index is 2.91. The van der Waals surface area contributed by atoms with E-state index in [4.69, 9.17) is 5.11 Å². The molecule has 0 saturated heterocycles. The molecule has 3 nitrogen and oxygen atoms in total. The van der Waals surface area contributed by atoms with Crippen molar-refractivity contribution in [1.29, 1.82) is 0 Å². The summed E-state index contributed by atoms with van der Waals surface area (Å²) in [7, 11) is 0. The van der Waals surface area contributed by atoms with Gasteiger partial charge in [0.15, 0.2) is 0 Å². The molecule has 0 saturated carbocycles. The van der Waals surface area contributed by atoms with E-state index in [1.54, 1.807) is 19.1 Å². The van der Waals surface area contributed by atoms with Gasteiger partial charge in [0.1, 0.15) is 5.78 Å². The van der Waals surface area contributed by atoms with Crippen molar-refractivity contribution in [2.24, 2.45) is 0 Å². The lowest BCUT2D eigenvalue weighted by molar-refractivity contribution is -0.118. The van der Waals surface area contributed by atoms with Crippen molar-refractivity contribution < 1.29 is 14.7 Å². The molecule has 0 aromatic heterocycles. The van der Waals surface area contributed by atoms with E-state index in [0.29, 0.717) is 24.8 Å². The fourth-order valence-electron chi connectivity index (χ4n) is 1.69. The van der Waals surface area contributed by atoms with E-state index in [1.165, 1.54) is 0 Å². The number of carbonyl (C=O) groups is 2. The lowest BCUT2D eigenvalue weighted by atomic mass is 9.97. The maximum absolute atomic E-state index is 11.2. The molecule has 0 heterocycles. The molecule has 0 spiro atoms. The van der Waals surface area contributed by atoms with Crippen LogP contribution in [0.4, 0.5) is 0 Å². The van der Waals surface area contributed by atoms with Crippen LogP contribution in [0.1, 0.15) is 41.3 Å². The van der Waals surface area contributed by atoms with E-state index < -0.39 is 5.97 Å². The maximum atomic E-state index is 11.2. The number of hydrogen-bond donors (Lipinski definition) is 1. The molecule has 0 bridgehead atoms. The van der Waals surface area contributed by atoms with Crippen LogP contribution in [-0.2, 0) is 11.2 Å². The van der Waals surface area contributed by atoms with Gasteiger partial charge in [0, 0.05) is 12.8 Å². The van der Waals surface area contributed by atoms with Crippen molar-refractivity contribution in [3.05, 3.63) is 34.9 Å². The third-order valence-corrected chi connectivity index (χ3v) is 2.64. The molecule has 1 rings (SSSR count). The first-order chi connectivity index (χ1) is 7.56. The summed E-state index contributed by atoms with van der Waals surface area (Å²) < 4.78 is 0. The number of benzene rings is 1. The number of carbonyl (C=O) groups excluding carboxylic acids is 1. The minimum atomic E-state index is -0.919. The van der Waals surface area contributed by atoms with Crippen LogP contribution in [0, 0.1) is 6.92 Å². The monoisotopic (exact) mass is 220 g/mol. The van der Waals surface area contributed by atoms with E-state index in [0.717, 1.165) is 11.1 Å². The molecule has 0 aliphatic heterocycles. The average Bonchev–Trinajstić information content (AvgIpc) is 2.25. The molecule has 0 radical (unpaired) electrons. The standard InChI is InChI=1S/C13H16O3/c1-3-11(14)8-7-10-6-4-5-9(2)12(10)13(15)16/h4-6H,3,7-8H2,1-2H3,(H,15,16). The second kappa shape index (κ2) is 5.45. The zero-order valence-electron chi connectivity index (χ0n) is 9.62. The van der Waals surface area contributed by atoms with Crippen LogP contribution < -0.4 is 0 Å². The quantitative estimate of drug-likeness (QED) is 0.829. The van der Waals surface area contributed by atoms with Gasteiger partial charge in [-0.1, -0.05) is 25.1 Å². The number of ketones is 1. The van der Waals surface area contributed by atoms with E-state index >= 15 is 0 Å². The molecule has 1 aromatic rings. The summed E-state index contributed by atoms with van der Waals surface area (Å²) in [6, 6.07) is 5.38. The predicted octanol–water partition coefficient (Wildman–Crippen LogP) is 2.60. The van der Waals surface area contributed by atoms with Crippen LogP contribution in [0.25, 0.3) is 0 Å². The highest BCUT2D eigenvalue weighted by Gasteiger charge is 2.13. The highest BCUT2D eigenvalue weighted by Crippen LogP contribution is 2.16. The van der Waals surface area contributed by atoms with Crippen LogP contribution >= 0.6 is 0 Å². The molecule has 0 aliphatic carbocycles. The summed E-state index contributed by atoms with van der Waals surface area (Å²) in [5, 5.41) is 9.08. The fourth-order valence-corrected chi connectivity index (χ4v) is 1.69. The highest BCUT2D eigenvalue weighted by atomic mass is 16.4. The van der Waals surface area contributed by atoms with Crippen molar-refractivity contribution in [1.82, 2.24) is 0 Å². The number of aryl methyl sites for hydroxylation is 2. The third kappa shape index (κ3) is 2.92. The third-order valence-electron chi connectivity index (χ3n) is 2.64. The van der Waals surface area contributed by atoms with Gasteiger partial charge >= 0.3 is 5.97 Å². The van der Waals surface area contributed by atoms with Gasteiger partial charge in [-0.15, -0.1) is 0 Å². The van der Waals surface area contributed by atoms with Crippen LogP contribution in [0.15, 0.2) is 18.2 Å². The zero-order valence-corrected chi connectivity index (χ0v) is 9.62. The lowest BCUT2D eigenvalue weighted by Gasteiger charge is -2.07. The Bertz CT molecular complexity index is 408. The lowest BCUT2D eigenvalue weighted by Crippen LogP contribution is -2.07. The first-order valence-corrected chi connectivity index (χ1v) is 5.39. The molecular weight excluding hydrogens is 204 g/mol. The van der Waals surface area contributed by atoms with Crippen LogP contribution in [0.5, 0.6) is 0 Å². The highest BCUT2D eigenvalue weighted by molar-refractivity contribution is 5.91. The van der Waals surface area contributed by atoms with E-state index in [1.807, 2.05) is 13.0 Å². The van der Waals surface area contributed by atoms with Crippen molar-refractivity contribution >= 4 is 11.8 Å². The Labute approximate surface area is 95.1 Å². The molecule has 16 heavy (non-hydrogen) atoms. The van der Waals surface area contributed by atoms with Crippen LogP contribution in [0.3, 0.4) is 0 Å². The Morgan fingerprint density at radius 1 is 1.31 bits per heavy atom. The number of aromatic carboxylic acids is 1. The second-order valence-electron chi connectivity index (χ2n) is 3.81. The first-order valence-electron chi connectivity index (χ1n) is 5.39. The van der Waals surface area contributed by atoms with Crippen LogP contribution in [0.2, 0.25) is 0 Å². The summed E-state index contributed by atoms with van der Waals surface area (Å²) in [6.07, 6.45) is 1.43. The summed E-state index contributed by atoms with van der Waals surface area (Å²) in [6.45, 7) is 3.59. The Hall–Kier alpha value is -1.64. The van der Waals surface area contributed by atoms with Gasteiger partial charge in [0.05, 0.1) is 5.56 Å². The number of rotatable bonds is 5. The summed E-state index contributed by atoms with van der Waals surface area (Å²) in [5.74, 6) is -0.755. The molecule has 1 N–H and O–H groups in total. The minimum absolute atomic E-state index is 0.165. The summed E-state index contributed by atoms with van der Waals surface area (Å²) >= 11 is 0. The van der Waals surface area contributed by atoms with Crippen molar-refractivity contribution in [3.8, 4) is 0 Å². The molecule has 1 aromatic carbocycles. The Morgan fingerprint density at radius 3 is 2.56 bits per heavy atom. The number of carboxylic acid groups (broad SMARTS) is 1. The normalized spacial score (nSPS) is 10.1. The van der Waals surface area contributed by atoms with E-state index in [-0.39, 0.29) is 5.78 Å². The molecule has 0 atom stereocenters. The predicted molar refractivity (Wildman–Crippen MR) is 61.8 cm³/mol. The van der Waals surface area contributed by atoms with Crippen LogP contribution in [-0.4, -0.2) is 16.9 Å². The fraction of sp³-hybridized carbons (Fsp3) is 0.385. The molecule has 3 heteroatoms. The zero-order chi connectivity index (χ0) is 12.1. The molecule has 0 amide bonds. The van der Waals surface area contributed by atoms with E-state index in [2.05, 4.69) is 0 Å². The van der Waals surface area contributed by atoms with Crippen molar-refractivity contribution in [3.63, 3.8) is 0 Å². The van der Waals surface area contributed by atoms with Gasteiger partial charge in [-0.25, -0.2) is 4.79 Å². The minimum Gasteiger partial charge on any atom is -0.478 e. The number of Topliss-reactive ketones (excluding diaryl/α,β-unsaturated/α-hetero) is 1. The number of hydrogen-bond acceptors (Lipinski definition) is 2. The molecular formula is C13H16O3. The van der Waals surface area contributed by atoms with Gasteiger partial charge in [-0.2, -0.15) is 0 Å². The van der Waals surface area contributed by atoms with Crippen molar-refractivity contribution in [2.45, 2.75) is 33.1 Å². The second-order valence-corrected chi connectivity index (χ2v) is 3.81. The first kappa shape index (κ1) is 12.4. The van der Waals surface area contributed by atoms with Gasteiger partial charge in [-0.3, -0.25) is 4.79 Å². The topological polar surface area (TPSA) is 54.4 Å². The van der Waals surface area contributed by atoms with Gasteiger partial charge < -0.3 is 5.11 Å². The smallest absolute Gasteiger partial charge is 0.336 e. The largest absolute Gasteiger partial charge is 0.478 e. The Morgan fingerprint density at radius 2 is 2.00 bits per heavy atom. The van der Waals surface area contributed by atoms with Gasteiger partial charge in [-0.05, 0) is 24.5 Å². The van der Waals surface area contributed by atoms with Gasteiger partial charge in [0.25, 0.3) is 0 Å². The SMILES string of the molecule is CCC(=O)CCc1cccc(C)c1C(=O)O. The van der Waals surface area contributed by atoms with Crippen molar-refractivity contribution in [2.75, 3.05) is 0 Å². The molecule has 0 aliphatic rings. The average molecular weight is 220 g/mol. The number of carboxylic acids is 1. The molecule has 0 fully saturated rings. The van der Waals surface area contributed by atoms with E-state index in [9.17, 15) is 9.59 Å².